The highest BCUT2D eigenvalue weighted by Gasteiger charge is 2.63. The minimum atomic E-state index is -5.46. The lowest BCUT2D eigenvalue weighted by atomic mass is 9.71. The summed E-state index contributed by atoms with van der Waals surface area (Å²) in [5.41, 5.74) is -5.89. The van der Waals surface area contributed by atoms with Crippen LogP contribution in [-0.2, 0) is 40.1 Å². The van der Waals surface area contributed by atoms with Crippen LogP contribution in [0.3, 0.4) is 0 Å². The average Bonchev–Trinajstić information content (AvgIpc) is 3.00. The molecule has 20 heteroatoms. The van der Waals surface area contributed by atoms with E-state index in [0.717, 1.165) is 0 Å². The van der Waals surface area contributed by atoms with Crippen molar-refractivity contribution in [1.82, 2.24) is 0 Å². The smallest absolute Gasteiger partial charge is 0.397 e. The van der Waals surface area contributed by atoms with Crippen molar-refractivity contribution in [2.75, 3.05) is 13.2 Å². The third kappa shape index (κ3) is 6.91. The number of phenolic OH excluding ortho intramolecular Hbond substituents is 1. The molecule has 1 aliphatic carbocycles. The maximum absolute atomic E-state index is 13.8. The van der Waals surface area contributed by atoms with Gasteiger partial charge in [0.1, 0.15) is 83.9 Å². The number of benzene rings is 1. The average molecular weight is 695 g/mol. The number of hydrogen-bond acceptors (Lipinski definition) is 18. The summed E-state index contributed by atoms with van der Waals surface area (Å²) in [5.74, 6) is -6.44. The van der Waals surface area contributed by atoms with Crippen molar-refractivity contribution in [1.29, 1.82) is 0 Å². The molecule has 0 aromatic heterocycles. The van der Waals surface area contributed by atoms with Crippen LogP contribution < -0.4 is 0 Å². The van der Waals surface area contributed by atoms with Crippen molar-refractivity contribution in [2.24, 2.45) is 0 Å². The number of aromatic hydroxyl groups is 1. The molecule has 11 unspecified atom stereocenters. The zero-order valence-corrected chi connectivity index (χ0v) is 24.9. The molecule has 2 fully saturated rings. The van der Waals surface area contributed by atoms with Crippen LogP contribution in [0.25, 0.3) is 0 Å². The van der Waals surface area contributed by atoms with Crippen LogP contribution in [-0.4, -0.2) is 161 Å². The Morgan fingerprint density at radius 2 is 1.62 bits per heavy atom. The SMILES string of the molecule is O=C(CCc1ccc(O)cc1)C1=C(O)C(C(O)C2OCC(O)C(O)C2OS(=O)(=O)O)=C(O)C(O)(C2OC(CO)C(O)C(O)C2O)C1=O. The van der Waals surface area contributed by atoms with Gasteiger partial charge in [0.2, 0.25) is 11.4 Å². The zero-order valence-electron chi connectivity index (χ0n) is 24.0. The van der Waals surface area contributed by atoms with Crippen LogP contribution in [0.5, 0.6) is 5.75 Å². The monoisotopic (exact) mass is 694 g/mol. The molecule has 0 spiro atoms. The fourth-order valence-electron chi connectivity index (χ4n) is 5.66. The number of rotatable bonds is 10. The molecule has 12 N–H and O–H groups in total. The second-order valence-corrected chi connectivity index (χ2v) is 12.3. The molecule has 0 saturated carbocycles. The number of hydrogen-bond donors (Lipinski definition) is 12. The molecule has 0 amide bonds. The molecule has 262 valence electrons. The van der Waals surface area contributed by atoms with Crippen molar-refractivity contribution in [2.45, 2.75) is 79.5 Å². The number of aliphatic hydroxyl groups is 10. The highest BCUT2D eigenvalue weighted by molar-refractivity contribution is 7.80. The van der Waals surface area contributed by atoms with Crippen molar-refractivity contribution >= 4 is 22.0 Å². The molecule has 0 radical (unpaired) electrons. The van der Waals surface area contributed by atoms with Crippen LogP contribution in [0, 0.1) is 0 Å². The highest BCUT2D eigenvalue weighted by atomic mass is 32.3. The summed E-state index contributed by atoms with van der Waals surface area (Å²) in [5, 5.41) is 116. The lowest BCUT2D eigenvalue weighted by Gasteiger charge is -2.47. The fourth-order valence-corrected chi connectivity index (χ4v) is 6.16. The Labute approximate surface area is 265 Å². The molecule has 1 aromatic rings. The maximum atomic E-state index is 13.8. The summed E-state index contributed by atoms with van der Waals surface area (Å²) in [6.45, 7) is -1.92. The van der Waals surface area contributed by atoms with Gasteiger partial charge in [0.25, 0.3) is 0 Å². The molecular formula is C27H34O19S. The molecule has 0 bridgehead atoms. The normalized spacial score (nSPS) is 36.0. The lowest BCUT2D eigenvalue weighted by molar-refractivity contribution is -0.263. The predicted molar refractivity (Wildman–Crippen MR) is 149 cm³/mol. The number of ketones is 2. The first-order valence-corrected chi connectivity index (χ1v) is 15.3. The molecule has 1 aromatic carbocycles. The van der Waals surface area contributed by atoms with E-state index >= 15 is 0 Å². The molecule has 4 rings (SSSR count). The largest absolute Gasteiger partial charge is 0.508 e. The number of Topliss-reactive ketones (excluding diaryl/α,β-unsaturated/α-hetero) is 2. The Morgan fingerprint density at radius 3 is 2.19 bits per heavy atom. The first-order valence-electron chi connectivity index (χ1n) is 13.9. The van der Waals surface area contributed by atoms with Crippen molar-refractivity contribution in [3.63, 3.8) is 0 Å². The van der Waals surface area contributed by atoms with Gasteiger partial charge < -0.3 is 65.6 Å². The minimum absolute atomic E-state index is 0.106. The minimum Gasteiger partial charge on any atom is -0.508 e. The van der Waals surface area contributed by atoms with Crippen LogP contribution in [0.2, 0.25) is 0 Å². The third-order valence-corrected chi connectivity index (χ3v) is 8.66. The summed E-state index contributed by atoms with van der Waals surface area (Å²) in [6, 6.07) is 5.41. The van der Waals surface area contributed by atoms with Crippen molar-refractivity contribution in [3.05, 3.63) is 52.5 Å². The van der Waals surface area contributed by atoms with Crippen LogP contribution in [0.4, 0.5) is 0 Å². The van der Waals surface area contributed by atoms with Gasteiger partial charge in [-0.1, -0.05) is 12.1 Å². The van der Waals surface area contributed by atoms with E-state index in [2.05, 4.69) is 4.18 Å². The Morgan fingerprint density at radius 1 is 1.00 bits per heavy atom. The van der Waals surface area contributed by atoms with Gasteiger partial charge in [0, 0.05) is 6.42 Å². The summed E-state index contributed by atoms with van der Waals surface area (Å²) < 4.78 is 47.0. The quantitative estimate of drug-likeness (QED) is 0.0809. The first-order chi connectivity index (χ1) is 21.8. The second-order valence-electron chi connectivity index (χ2n) is 11.2. The Bertz CT molecular complexity index is 1520. The van der Waals surface area contributed by atoms with Crippen LogP contribution >= 0.6 is 0 Å². The topological polar surface area (TPSA) is 339 Å². The maximum Gasteiger partial charge on any atom is 0.397 e. The second kappa shape index (κ2) is 13.8. The fraction of sp³-hybridized carbons (Fsp3) is 0.556. The summed E-state index contributed by atoms with van der Waals surface area (Å²) in [7, 11) is -5.46. The van der Waals surface area contributed by atoms with Gasteiger partial charge in [-0.05, 0) is 24.1 Å². The number of aliphatic hydroxyl groups excluding tert-OH is 9. The predicted octanol–water partition coefficient (Wildman–Crippen LogP) is -4.66. The van der Waals surface area contributed by atoms with Gasteiger partial charge in [-0.2, -0.15) is 8.42 Å². The van der Waals surface area contributed by atoms with E-state index in [-0.39, 0.29) is 12.2 Å². The zero-order chi connectivity index (χ0) is 35.2. The summed E-state index contributed by atoms with van der Waals surface area (Å²) in [4.78, 5) is 27.3. The molecular weight excluding hydrogens is 660 g/mol. The number of phenols is 1. The van der Waals surface area contributed by atoms with E-state index in [9.17, 15) is 78.7 Å². The highest BCUT2D eigenvalue weighted by Crippen LogP contribution is 2.43. The third-order valence-electron chi connectivity index (χ3n) is 8.19. The van der Waals surface area contributed by atoms with Gasteiger partial charge in [-0.3, -0.25) is 14.1 Å². The number of ether oxygens (including phenoxy) is 2. The first kappa shape index (κ1) is 36.7. The summed E-state index contributed by atoms with van der Waals surface area (Å²) >= 11 is 0. The Balaban J connectivity index is 1.86. The van der Waals surface area contributed by atoms with E-state index in [0.29, 0.717) is 5.56 Å². The number of carbonyl (C=O) groups is 2. The molecule has 2 heterocycles. The van der Waals surface area contributed by atoms with E-state index < -0.39 is 131 Å². The molecule has 3 aliphatic rings. The van der Waals surface area contributed by atoms with E-state index in [1.807, 2.05) is 0 Å². The van der Waals surface area contributed by atoms with E-state index in [1.54, 1.807) is 0 Å². The number of aryl methyl sites for hydroxylation is 1. The molecule has 11 atom stereocenters. The molecule has 47 heavy (non-hydrogen) atoms. The summed E-state index contributed by atoms with van der Waals surface area (Å²) in [6.07, 6.45) is -23.2. The molecule has 19 nitrogen and oxygen atoms in total. The van der Waals surface area contributed by atoms with Gasteiger partial charge in [0.05, 0.1) is 18.8 Å². The molecule has 2 saturated heterocycles. The van der Waals surface area contributed by atoms with Crippen LogP contribution in [0.15, 0.2) is 46.9 Å². The van der Waals surface area contributed by atoms with Gasteiger partial charge >= 0.3 is 10.4 Å². The Kier molecular flexibility index (Phi) is 10.8. The van der Waals surface area contributed by atoms with E-state index in [1.165, 1.54) is 24.3 Å². The van der Waals surface area contributed by atoms with Gasteiger partial charge in [-0.15, -0.1) is 0 Å². The van der Waals surface area contributed by atoms with E-state index in [4.69, 9.17) is 9.47 Å². The lowest BCUT2D eigenvalue weighted by Crippen LogP contribution is -2.69. The van der Waals surface area contributed by atoms with Crippen molar-refractivity contribution in [3.8, 4) is 5.75 Å². The van der Waals surface area contributed by atoms with Gasteiger partial charge in [-0.25, -0.2) is 4.18 Å². The van der Waals surface area contributed by atoms with Gasteiger partial charge in [0.15, 0.2) is 5.78 Å². The van der Waals surface area contributed by atoms with Crippen LogP contribution in [0.1, 0.15) is 12.0 Å². The van der Waals surface area contributed by atoms with Crippen molar-refractivity contribution < 1.29 is 92.4 Å². The standard InChI is InChI=1S/C27H34O19S/c28-7-13-17(33)20(36)21(37)26(45-13)27(40)24(38)14(11(30)6-3-9-1-4-10(29)5-2-9)18(34)15(25(27)39)19(35)22-23(46-47(41,42)43)16(32)12(31)8-44-22/h1-2,4-5,12-13,16-17,19-23,26,28-29,31-37,39-40H,3,6-8H2,(H,41,42,43). The Hall–Kier alpha value is -3.09. The number of carbonyl (C=O) groups excluding carboxylic acids is 2. The molecule has 2 aliphatic heterocycles.